The molecule has 0 aromatic heterocycles. The van der Waals surface area contributed by atoms with Gasteiger partial charge < -0.3 is 5.73 Å². The Morgan fingerprint density at radius 1 is 1.14 bits per heavy atom. The average molecular weight is 306 g/mol. The molecule has 0 radical (unpaired) electrons. The molecule has 0 heterocycles. The molecule has 1 aromatic rings. The van der Waals surface area contributed by atoms with E-state index in [1.54, 1.807) is 6.07 Å². The molecule has 5 heteroatoms. The number of rotatable bonds is 3. The Hall–Kier alpha value is -1.07. The highest BCUT2D eigenvalue weighted by molar-refractivity contribution is 7.89. The molecule has 4 nitrogen and oxygen atoms in total. The summed E-state index contributed by atoms with van der Waals surface area (Å²) in [6, 6.07) is 3.71. The van der Waals surface area contributed by atoms with Gasteiger partial charge in [0.2, 0.25) is 10.0 Å². The Bertz CT molecular complexity index is 697. The van der Waals surface area contributed by atoms with Gasteiger partial charge in [0.05, 0.1) is 5.69 Å². The third-order valence-corrected chi connectivity index (χ3v) is 7.66. The molecule has 114 valence electrons. The average Bonchev–Trinajstić information content (AvgIpc) is 2.83. The van der Waals surface area contributed by atoms with Crippen molar-refractivity contribution in [3.63, 3.8) is 0 Å². The van der Waals surface area contributed by atoms with Gasteiger partial charge in [0.25, 0.3) is 0 Å². The van der Waals surface area contributed by atoms with Crippen LogP contribution in [0.2, 0.25) is 0 Å². The molecule has 0 saturated heterocycles. The minimum absolute atomic E-state index is 0.153. The molecular weight excluding hydrogens is 284 g/mol. The number of nitrogens with two attached hydrogens (primary N) is 1. The van der Waals surface area contributed by atoms with E-state index in [9.17, 15) is 8.42 Å². The van der Waals surface area contributed by atoms with Gasteiger partial charge in [0, 0.05) is 6.04 Å². The van der Waals surface area contributed by atoms with Crippen molar-refractivity contribution >= 4 is 15.7 Å². The maximum atomic E-state index is 12.8. The molecule has 4 unspecified atom stereocenters. The molecule has 1 aromatic carbocycles. The largest absolute Gasteiger partial charge is 0.398 e. The molecule has 4 atom stereocenters. The van der Waals surface area contributed by atoms with Crippen LogP contribution in [-0.2, 0) is 10.0 Å². The number of nitrogens with one attached hydrogen (secondary N) is 1. The second-order valence-electron chi connectivity index (χ2n) is 7.06. The van der Waals surface area contributed by atoms with E-state index in [-0.39, 0.29) is 10.9 Å². The summed E-state index contributed by atoms with van der Waals surface area (Å²) in [6.07, 6.45) is 3.89. The predicted octanol–water partition coefficient (Wildman–Crippen LogP) is 2.21. The van der Waals surface area contributed by atoms with E-state index in [4.69, 9.17) is 5.73 Å². The van der Waals surface area contributed by atoms with Crippen LogP contribution in [0.5, 0.6) is 0 Å². The van der Waals surface area contributed by atoms with Gasteiger partial charge in [-0.15, -0.1) is 0 Å². The molecular formula is C16H22N2O2S. The highest BCUT2D eigenvalue weighted by atomic mass is 32.2. The van der Waals surface area contributed by atoms with Crippen LogP contribution in [0.4, 0.5) is 5.69 Å². The fraction of sp³-hybridized carbons (Fsp3) is 0.625. The fourth-order valence-electron chi connectivity index (χ4n) is 4.89. The smallest absolute Gasteiger partial charge is 0.243 e. The van der Waals surface area contributed by atoms with Crippen LogP contribution in [0.3, 0.4) is 0 Å². The van der Waals surface area contributed by atoms with Crippen molar-refractivity contribution in [2.75, 3.05) is 5.73 Å². The van der Waals surface area contributed by atoms with E-state index >= 15 is 0 Å². The summed E-state index contributed by atoms with van der Waals surface area (Å²) in [5.74, 6) is 2.68. The number of hydrogen-bond acceptors (Lipinski definition) is 3. The van der Waals surface area contributed by atoms with Crippen molar-refractivity contribution in [2.45, 2.75) is 44.0 Å². The summed E-state index contributed by atoms with van der Waals surface area (Å²) in [5.41, 5.74) is 8.00. The maximum absolute atomic E-state index is 12.8. The van der Waals surface area contributed by atoms with Gasteiger partial charge in [-0.1, -0.05) is 6.07 Å². The van der Waals surface area contributed by atoms with Gasteiger partial charge in [-0.2, -0.15) is 0 Å². The first-order valence-electron chi connectivity index (χ1n) is 7.78. The van der Waals surface area contributed by atoms with Gasteiger partial charge >= 0.3 is 0 Å². The van der Waals surface area contributed by atoms with Crippen molar-refractivity contribution in [1.29, 1.82) is 0 Å². The second-order valence-corrected chi connectivity index (χ2v) is 8.71. The van der Waals surface area contributed by atoms with E-state index in [1.165, 1.54) is 19.3 Å². The minimum atomic E-state index is -3.52. The van der Waals surface area contributed by atoms with E-state index in [1.807, 2.05) is 19.9 Å². The summed E-state index contributed by atoms with van der Waals surface area (Å²) in [6.45, 7) is 3.75. The van der Waals surface area contributed by atoms with Gasteiger partial charge in [-0.3, -0.25) is 0 Å². The number of aryl methyl sites for hydroxylation is 1. The summed E-state index contributed by atoms with van der Waals surface area (Å²) >= 11 is 0. The SMILES string of the molecule is Cc1ccc(N)c(S(=O)(=O)NC2C3C4CCC(C4)C23)c1C. The van der Waals surface area contributed by atoms with Crippen molar-refractivity contribution in [1.82, 2.24) is 4.72 Å². The Labute approximate surface area is 126 Å². The lowest BCUT2D eigenvalue weighted by Gasteiger charge is -2.15. The first kappa shape index (κ1) is 13.6. The summed E-state index contributed by atoms with van der Waals surface area (Å²) < 4.78 is 28.5. The van der Waals surface area contributed by atoms with Gasteiger partial charge in [-0.25, -0.2) is 13.1 Å². The lowest BCUT2D eigenvalue weighted by Crippen LogP contribution is -2.31. The molecule has 0 amide bonds. The van der Waals surface area contributed by atoms with Crippen LogP contribution in [0.1, 0.15) is 30.4 Å². The standard InChI is InChI=1S/C16H22N2O2S/c1-8-3-6-12(17)16(9(8)2)21(19,20)18-15-13-10-4-5-11(7-10)14(13)15/h3,6,10-11,13-15,18H,4-5,7,17H2,1-2H3. The number of hydrogen-bond donors (Lipinski definition) is 2. The van der Waals surface area contributed by atoms with Gasteiger partial charge in [-0.05, 0) is 74.0 Å². The predicted molar refractivity (Wildman–Crippen MR) is 82.2 cm³/mol. The number of nitrogen functional groups attached to an aromatic ring is 1. The van der Waals surface area contributed by atoms with Crippen LogP contribution in [0.15, 0.2) is 17.0 Å². The highest BCUT2D eigenvalue weighted by Crippen LogP contribution is 2.65. The third-order valence-electron chi connectivity index (χ3n) is 6.00. The molecule has 3 fully saturated rings. The molecule has 3 N–H and O–H groups in total. The van der Waals surface area contributed by atoms with E-state index in [0.717, 1.165) is 23.0 Å². The quantitative estimate of drug-likeness (QED) is 0.841. The van der Waals surface area contributed by atoms with E-state index in [0.29, 0.717) is 17.5 Å². The number of anilines is 1. The lowest BCUT2D eigenvalue weighted by atomic mass is 10.0. The summed E-state index contributed by atoms with van der Waals surface area (Å²) in [5, 5.41) is 0. The van der Waals surface area contributed by atoms with Crippen LogP contribution in [0.25, 0.3) is 0 Å². The molecule has 0 aliphatic heterocycles. The molecule has 3 aliphatic rings. The zero-order valence-corrected chi connectivity index (χ0v) is 13.3. The van der Waals surface area contributed by atoms with Crippen molar-refractivity contribution < 1.29 is 8.42 Å². The van der Waals surface area contributed by atoms with Crippen LogP contribution in [-0.4, -0.2) is 14.5 Å². The number of benzene rings is 1. The van der Waals surface area contributed by atoms with Crippen molar-refractivity contribution in [2.24, 2.45) is 23.7 Å². The van der Waals surface area contributed by atoms with Crippen molar-refractivity contribution in [3.8, 4) is 0 Å². The Morgan fingerprint density at radius 3 is 2.38 bits per heavy atom. The molecule has 0 spiro atoms. The second kappa shape index (κ2) is 4.23. The fourth-order valence-corrected chi connectivity index (χ4v) is 6.62. The van der Waals surface area contributed by atoms with Crippen LogP contribution >= 0.6 is 0 Å². The monoisotopic (exact) mass is 306 g/mol. The molecule has 4 rings (SSSR count). The Balaban J connectivity index is 1.63. The first-order chi connectivity index (χ1) is 9.90. The Morgan fingerprint density at radius 2 is 1.76 bits per heavy atom. The van der Waals surface area contributed by atoms with Crippen molar-refractivity contribution in [3.05, 3.63) is 23.3 Å². The molecule has 21 heavy (non-hydrogen) atoms. The van der Waals surface area contributed by atoms with Gasteiger partial charge in [0.15, 0.2) is 0 Å². The van der Waals surface area contributed by atoms with Gasteiger partial charge in [0.1, 0.15) is 4.90 Å². The maximum Gasteiger partial charge on any atom is 0.243 e. The number of fused-ring (bicyclic) bond motifs is 5. The topological polar surface area (TPSA) is 72.2 Å². The molecule has 2 bridgehead atoms. The Kier molecular flexibility index (Phi) is 2.74. The zero-order chi connectivity index (χ0) is 14.9. The molecule has 3 aliphatic carbocycles. The molecule has 3 saturated carbocycles. The van der Waals surface area contributed by atoms with Crippen LogP contribution in [0, 0.1) is 37.5 Å². The van der Waals surface area contributed by atoms with E-state index in [2.05, 4.69) is 4.72 Å². The summed E-state index contributed by atoms with van der Waals surface area (Å²) in [7, 11) is -3.52. The normalized spacial score (nSPS) is 36.8. The lowest BCUT2D eigenvalue weighted by molar-refractivity contribution is 0.456. The van der Waals surface area contributed by atoms with Crippen LogP contribution < -0.4 is 10.5 Å². The van der Waals surface area contributed by atoms with E-state index < -0.39 is 10.0 Å². The first-order valence-corrected chi connectivity index (χ1v) is 9.26. The highest BCUT2D eigenvalue weighted by Gasteiger charge is 2.65. The minimum Gasteiger partial charge on any atom is -0.398 e. The summed E-state index contributed by atoms with van der Waals surface area (Å²) in [4.78, 5) is 0.278. The third kappa shape index (κ3) is 1.87. The number of sulfonamides is 1. The zero-order valence-electron chi connectivity index (χ0n) is 12.5.